The second kappa shape index (κ2) is 10.5. The van der Waals surface area contributed by atoms with Crippen LogP contribution in [0.3, 0.4) is 0 Å². The van der Waals surface area contributed by atoms with E-state index in [4.69, 9.17) is 11.6 Å². The van der Waals surface area contributed by atoms with Crippen molar-refractivity contribution in [3.8, 4) is 0 Å². The van der Waals surface area contributed by atoms with Crippen LogP contribution in [0.1, 0.15) is 55.1 Å². The molecule has 2 amide bonds. The predicted octanol–water partition coefficient (Wildman–Crippen LogP) is 4.55. The van der Waals surface area contributed by atoms with Crippen LogP contribution in [-0.4, -0.2) is 64.5 Å². The highest BCUT2D eigenvalue weighted by atomic mass is 35.5. The molecule has 5 rings (SSSR count). The van der Waals surface area contributed by atoms with Crippen molar-refractivity contribution >= 4 is 23.8 Å². The zero-order valence-corrected chi connectivity index (χ0v) is 21.4. The lowest BCUT2D eigenvalue weighted by Crippen LogP contribution is -2.54. The van der Waals surface area contributed by atoms with E-state index in [0.717, 1.165) is 67.4 Å². The van der Waals surface area contributed by atoms with E-state index >= 15 is 0 Å². The summed E-state index contributed by atoms with van der Waals surface area (Å²) in [5.74, 6) is 0.762. The Hall–Kier alpha value is -2.64. The van der Waals surface area contributed by atoms with Gasteiger partial charge in [-0.3, -0.25) is 10.1 Å². The van der Waals surface area contributed by atoms with Gasteiger partial charge in [-0.25, -0.2) is 4.79 Å². The molecule has 2 N–H and O–H groups in total. The SMILES string of the molecule is CC1=CC(c2n[nH]c3c2CN(C(=O)NC2CC(C)CN(CCc4ccccc4Cl)C2)CC3)CC=N1. The van der Waals surface area contributed by atoms with Crippen LogP contribution in [0.4, 0.5) is 4.79 Å². The fourth-order valence-electron chi connectivity index (χ4n) is 5.69. The first-order valence-corrected chi connectivity index (χ1v) is 13.1. The Bertz CT molecular complexity index is 1120. The molecule has 186 valence electrons. The van der Waals surface area contributed by atoms with Gasteiger partial charge < -0.3 is 15.1 Å². The molecule has 1 aromatic carbocycles. The maximum atomic E-state index is 13.3. The number of nitrogens with one attached hydrogen (secondary N) is 2. The molecule has 4 heterocycles. The quantitative estimate of drug-likeness (QED) is 0.640. The van der Waals surface area contributed by atoms with Crippen molar-refractivity contribution in [2.75, 3.05) is 26.2 Å². The molecular formula is C27H35ClN6O. The van der Waals surface area contributed by atoms with Gasteiger partial charge in [0.2, 0.25) is 0 Å². The molecule has 0 saturated carbocycles. The van der Waals surface area contributed by atoms with Crippen molar-refractivity contribution in [2.24, 2.45) is 10.9 Å². The van der Waals surface area contributed by atoms with Crippen LogP contribution >= 0.6 is 11.6 Å². The number of carbonyl (C=O) groups is 1. The van der Waals surface area contributed by atoms with E-state index in [-0.39, 0.29) is 18.0 Å². The highest BCUT2D eigenvalue weighted by Crippen LogP contribution is 2.31. The first kappa shape index (κ1) is 24.1. The molecule has 1 fully saturated rings. The third-order valence-electron chi connectivity index (χ3n) is 7.42. The molecule has 1 aromatic heterocycles. The number of piperidine rings is 1. The number of aliphatic imine (C=N–C) groups is 1. The normalized spacial score (nSPS) is 24.7. The number of urea groups is 1. The minimum absolute atomic E-state index is 0.0323. The van der Waals surface area contributed by atoms with E-state index in [1.54, 1.807) is 0 Å². The second-order valence-electron chi connectivity index (χ2n) is 10.3. The number of hydrogen-bond donors (Lipinski definition) is 2. The number of halogens is 1. The number of amides is 2. The first-order valence-electron chi connectivity index (χ1n) is 12.7. The molecule has 3 unspecified atom stereocenters. The van der Waals surface area contributed by atoms with Gasteiger partial charge in [-0.1, -0.05) is 42.8 Å². The zero-order valence-electron chi connectivity index (χ0n) is 20.6. The maximum Gasteiger partial charge on any atom is 0.317 e. The molecule has 0 bridgehead atoms. The molecule has 3 aliphatic heterocycles. The number of aromatic amines is 1. The van der Waals surface area contributed by atoms with Crippen molar-refractivity contribution in [2.45, 2.75) is 58.0 Å². The van der Waals surface area contributed by atoms with Gasteiger partial charge in [-0.15, -0.1) is 0 Å². The molecule has 2 aromatic rings. The highest BCUT2D eigenvalue weighted by molar-refractivity contribution is 6.31. The second-order valence-corrected chi connectivity index (χ2v) is 10.7. The molecule has 0 spiro atoms. The topological polar surface area (TPSA) is 76.6 Å². The van der Waals surface area contributed by atoms with Gasteiger partial charge in [0.05, 0.1) is 12.2 Å². The van der Waals surface area contributed by atoms with Gasteiger partial charge in [0.25, 0.3) is 0 Å². The van der Waals surface area contributed by atoms with Crippen molar-refractivity contribution in [1.82, 2.24) is 25.3 Å². The van der Waals surface area contributed by atoms with E-state index < -0.39 is 0 Å². The number of benzene rings is 1. The van der Waals surface area contributed by atoms with Crippen LogP contribution in [0, 0.1) is 5.92 Å². The lowest BCUT2D eigenvalue weighted by atomic mass is 9.93. The summed E-state index contributed by atoms with van der Waals surface area (Å²) < 4.78 is 0. The van der Waals surface area contributed by atoms with Crippen LogP contribution in [0.25, 0.3) is 0 Å². The van der Waals surface area contributed by atoms with Gasteiger partial charge in [-0.2, -0.15) is 5.10 Å². The largest absolute Gasteiger partial charge is 0.334 e. The molecule has 0 radical (unpaired) electrons. The molecular weight excluding hydrogens is 460 g/mol. The summed E-state index contributed by atoms with van der Waals surface area (Å²) in [5, 5.41) is 12.0. The van der Waals surface area contributed by atoms with Gasteiger partial charge in [0, 0.05) is 72.8 Å². The minimum atomic E-state index is 0.0323. The number of likely N-dealkylation sites (tertiary alicyclic amines) is 1. The summed E-state index contributed by atoms with van der Waals surface area (Å²) in [7, 11) is 0. The standard InChI is InChI=1S/C27H35ClN6O/c1-18-13-22(16-33(15-18)11-8-20-5-3-4-6-24(20)28)30-27(35)34-12-9-25-23(17-34)26(32-31-25)21-7-10-29-19(2)14-21/h3-6,10,14,18,21-22H,7-9,11-13,15-17H2,1-2H3,(H,30,35)(H,31,32). The monoisotopic (exact) mass is 494 g/mol. The Kier molecular flexibility index (Phi) is 7.25. The van der Waals surface area contributed by atoms with E-state index in [9.17, 15) is 4.79 Å². The van der Waals surface area contributed by atoms with Crippen LogP contribution in [-0.2, 0) is 19.4 Å². The number of rotatable bonds is 5. The van der Waals surface area contributed by atoms with E-state index in [1.807, 2.05) is 36.2 Å². The Morgan fingerprint density at radius 3 is 2.97 bits per heavy atom. The third-order valence-corrected chi connectivity index (χ3v) is 7.79. The molecule has 7 nitrogen and oxygen atoms in total. The molecule has 0 aliphatic carbocycles. The average Bonchev–Trinajstić information content (AvgIpc) is 3.26. The predicted molar refractivity (Wildman–Crippen MR) is 140 cm³/mol. The van der Waals surface area contributed by atoms with Crippen LogP contribution in [0.2, 0.25) is 5.02 Å². The minimum Gasteiger partial charge on any atom is -0.334 e. The van der Waals surface area contributed by atoms with Crippen molar-refractivity contribution < 1.29 is 4.79 Å². The fourth-order valence-corrected chi connectivity index (χ4v) is 5.93. The Morgan fingerprint density at radius 2 is 2.14 bits per heavy atom. The lowest BCUT2D eigenvalue weighted by molar-refractivity contribution is 0.140. The summed E-state index contributed by atoms with van der Waals surface area (Å²) in [6.45, 7) is 8.48. The van der Waals surface area contributed by atoms with Crippen molar-refractivity contribution in [3.63, 3.8) is 0 Å². The lowest BCUT2D eigenvalue weighted by Gasteiger charge is -2.38. The van der Waals surface area contributed by atoms with Crippen LogP contribution < -0.4 is 5.32 Å². The van der Waals surface area contributed by atoms with Gasteiger partial charge in [-0.05, 0) is 43.7 Å². The number of H-pyrrole nitrogens is 1. The fraction of sp³-hybridized carbons (Fsp3) is 0.519. The average molecular weight is 495 g/mol. The molecule has 1 saturated heterocycles. The summed E-state index contributed by atoms with van der Waals surface area (Å²) in [6, 6.07) is 8.25. The Morgan fingerprint density at radius 1 is 1.29 bits per heavy atom. The molecule has 3 atom stereocenters. The summed E-state index contributed by atoms with van der Waals surface area (Å²) in [6.07, 6.45) is 7.74. The van der Waals surface area contributed by atoms with Crippen LogP contribution in [0.5, 0.6) is 0 Å². The number of fused-ring (bicyclic) bond motifs is 1. The van der Waals surface area contributed by atoms with Gasteiger partial charge in [0.15, 0.2) is 0 Å². The number of hydrogen-bond acceptors (Lipinski definition) is 4. The smallest absolute Gasteiger partial charge is 0.317 e. The molecule has 3 aliphatic rings. The zero-order chi connectivity index (χ0) is 24.4. The van der Waals surface area contributed by atoms with E-state index in [1.165, 1.54) is 11.1 Å². The highest BCUT2D eigenvalue weighted by Gasteiger charge is 2.31. The summed E-state index contributed by atoms with van der Waals surface area (Å²) >= 11 is 6.35. The number of aromatic nitrogens is 2. The Labute approximate surface area is 212 Å². The summed E-state index contributed by atoms with van der Waals surface area (Å²) in [4.78, 5) is 22.1. The number of nitrogens with zero attached hydrogens (tertiary/aromatic N) is 4. The van der Waals surface area contributed by atoms with Gasteiger partial charge >= 0.3 is 6.03 Å². The van der Waals surface area contributed by atoms with E-state index in [0.29, 0.717) is 19.0 Å². The third kappa shape index (κ3) is 5.62. The number of carbonyl (C=O) groups excluding carboxylic acids is 1. The molecule has 8 heteroatoms. The first-order chi connectivity index (χ1) is 17.0. The maximum absolute atomic E-state index is 13.3. The van der Waals surface area contributed by atoms with Gasteiger partial charge in [0.1, 0.15) is 0 Å². The van der Waals surface area contributed by atoms with Crippen molar-refractivity contribution in [3.05, 3.63) is 63.6 Å². The van der Waals surface area contributed by atoms with Crippen LogP contribution in [0.15, 0.2) is 41.0 Å². The van der Waals surface area contributed by atoms with E-state index in [2.05, 4.69) is 44.5 Å². The Balaban J connectivity index is 1.19. The summed E-state index contributed by atoms with van der Waals surface area (Å²) in [5.41, 5.74) is 5.60. The van der Waals surface area contributed by atoms with Crippen molar-refractivity contribution in [1.29, 1.82) is 0 Å². The molecule has 35 heavy (non-hydrogen) atoms. The number of allylic oxidation sites excluding steroid dienone is 2.